The van der Waals surface area contributed by atoms with Crippen LogP contribution in [0.5, 0.6) is 0 Å². The maximum Gasteiger partial charge on any atom is 0.254 e. The number of amides is 1. The fourth-order valence-corrected chi connectivity index (χ4v) is 3.97. The van der Waals surface area contributed by atoms with Crippen molar-refractivity contribution in [2.24, 2.45) is 0 Å². The van der Waals surface area contributed by atoms with Gasteiger partial charge in [0.25, 0.3) is 5.91 Å². The predicted molar refractivity (Wildman–Crippen MR) is 93.0 cm³/mol. The molecule has 0 bridgehead atoms. The van der Waals surface area contributed by atoms with Crippen LogP contribution in [0.1, 0.15) is 16.1 Å². The van der Waals surface area contributed by atoms with Crippen LogP contribution in [0.3, 0.4) is 0 Å². The fourth-order valence-electron chi connectivity index (χ4n) is 2.34. The molecule has 4 aromatic rings. The molecule has 0 aliphatic heterocycles. The van der Waals surface area contributed by atoms with Gasteiger partial charge < -0.3 is 4.90 Å². The highest BCUT2D eigenvalue weighted by Crippen LogP contribution is 2.28. The zero-order valence-electron chi connectivity index (χ0n) is 12.7. The quantitative estimate of drug-likeness (QED) is 0.558. The first kappa shape index (κ1) is 15.0. The molecule has 4 rings (SSSR count). The average molecular weight is 356 g/mol. The smallest absolute Gasteiger partial charge is 0.254 e. The van der Waals surface area contributed by atoms with Gasteiger partial charge in [-0.05, 0) is 40.0 Å². The number of carbonyl (C=O) groups excluding carboxylic acids is 1. The van der Waals surface area contributed by atoms with Crippen LogP contribution in [0, 0.1) is 0 Å². The lowest BCUT2D eigenvalue weighted by molar-refractivity contribution is 0.0784. The summed E-state index contributed by atoms with van der Waals surface area (Å²) in [4.78, 5) is 20.0. The van der Waals surface area contributed by atoms with Gasteiger partial charge in [0.05, 0.1) is 17.1 Å². The molecule has 0 radical (unpaired) electrons. The number of thiophene rings is 1. The number of hydrogen-bond donors (Lipinski definition) is 0. The van der Waals surface area contributed by atoms with E-state index in [0.29, 0.717) is 23.1 Å². The van der Waals surface area contributed by atoms with Gasteiger partial charge in [0, 0.05) is 18.0 Å². The summed E-state index contributed by atoms with van der Waals surface area (Å²) in [5.74, 6) is -0.0921. The summed E-state index contributed by atoms with van der Waals surface area (Å²) >= 11 is 3.25. The molecule has 0 saturated carbocycles. The lowest BCUT2D eigenvalue weighted by Gasteiger charge is -2.15. The second-order valence-electron chi connectivity index (χ2n) is 5.25. The Balaban J connectivity index is 1.51. The Bertz CT molecular complexity index is 991. The lowest BCUT2D eigenvalue weighted by atomic mass is 10.2. The first-order chi connectivity index (χ1) is 11.7. The fraction of sp³-hybridized carbons (Fsp3) is 0.125. The van der Waals surface area contributed by atoms with Gasteiger partial charge >= 0.3 is 0 Å². The topological polar surface area (TPSA) is 72.1 Å². The van der Waals surface area contributed by atoms with Crippen molar-refractivity contribution in [3.8, 4) is 9.88 Å². The van der Waals surface area contributed by atoms with Crippen molar-refractivity contribution in [2.75, 3.05) is 7.05 Å². The maximum absolute atomic E-state index is 12.6. The van der Waals surface area contributed by atoms with Crippen LogP contribution in [0.15, 0.2) is 45.7 Å². The molecule has 0 aliphatic carbocycles. The molecule has 1 aromatic carbocycles. The number of carbonyl (C=O) groups is 1. The first-order valence-electron chi connectivity index (χ1n) is 7.17. The van der Waals surface area contributed by atoms with Gasteiger partial charge in [-0.25, -0.2) is 9.61 Å². The number of thiazole rings is 1. The van der Waals surface area contributed by atoms with E-state index in [1.807, 2.05) is 22.9 Å². The number of nitrogens with zero attached hydrogens (tertiary/aromatic N) is 4. The summed E-state index contributed by atoms with van der Waals surface area (Å²) in [6.45, 7) is 0.454. The third-order valence-corrected chi connectivity index (χ3v) is 5.46. The van der Waals surface area contributed by atoms with Crippen LogP contribution in [-0.4, -0.2) is 33.2 Å². The molecule has 0 atom stereocenters. The lowest BCUT2D eigenvalue weighted by Crippen LogP contribution is -2.26. The number of aromatic nitrogens is 3. The average Bonchev–Trinajstić information content (AvgIpc) is 3.33. The summed E-state index contributed by atoms with van der Waals surface area (Å²) in [5, 5.41) is 12.5. The zero-order valence-corrected chi connectivity index (χ0v) is 14.3. The molecular weight excluding hydrogens is 344 g/mol. The Morgan fingerprint density at radius 1 is 1.21 bits per heavy atom. The van der Waals surface area contributed by atoms with Gasteiger partial charge in [-0.15, -0.1) is 22.7 Å². The summed E-state index contributed by atoms with van der Waals surface area (Å²) < 4.78 is 4.66. The molecule has 1 amide bonds. The second kappa shape index (κ2) is 6.14. The summed E-state index contributed by atoms with van der Waals surface area (Å²) in [5.41, 5.74) is 2.63. The van der Waals surface area contributed by atoms with Crippen LogP contribution in [-0.2, 0) is 6.54 Å². The van der Waals surface area contributed by atoms with Crippen molar-refractivity contribution in [3.63, 3.8) is 0 Å². The Morgan fingerprint density at radius 2 is 2.08 bits per heavy atom. The number of hydrogen-bond acceptors (Lipinski definition) is 7. The van der Waals surface area contributed by atoms with Crippen LogP contribution < -0.4 is 0 Å². The molecule has 120 valence electrons. The Hall–Kier alpha value is -2.58. The van der Waals surface area contributed by atoms with E-state index >= 15 is 0 Å². The van der Waals surface area contributed by atoms with E-state index in [2.05, 4.69) is 19.9 Å². The van der Waals surface area contributed by atoms with E-state index in [-0.39, 0.29) is 5.91 Å². The van der Waals surface area contributed by atoms with Crippen molar-refractivity contribution < 1.29 is 9.42 Å². The Morgan fingerprint density at radius 3 is 2.92 bits per heavy atom. The van der Waals surface area contributed by atoms with Crippen LogP contribution in [0.2, 0.25) is 0 Å². The van der Waals surface area contributed by atoms with Gasteiger partial charge in [-0.3, -0.25) is 4.79 Å². The maximum atomic E-state index is 12.6. The molecule has 3 heterocycles. The summed E-state index contributed by atoms with van der Waals surface area (Å²) in [6.07, 6.45) is 0. The molecule has 0 fully saturated rings. The van der Waals surface area contributed by atoms with Crippen molar-refractivity contribution in [1.82, 2.24) is 20.2 Å². The highest BCUT2D eigenvalue weighted by atomic mass is 32.1. The van der Waals surface area contributed by atoms with Gasteiger partial charge in [-0.2, -0.15) is 0 Å². The first-order valence-corrected chi connectivity index (χ1v) is 8.93. The molecule has 6 nitrogen and oxygen atoms in total. The summed E-state index contributed by atoms with van der Waals surface area (Å²) in [7, 11) is 1.76. The van der Waals surface area contributed by atoms with E-state index in [1.54, 1.807) is 52.8 Å². The number of rotatable bonds is 4. The van der Waals surface area contributed by atoms with Crippen molar-refractivity contribution in [2.45, 2.75) is 6.54 Å². The molecule has 8 heteroatoms. The van der Waals surface area contributed by atoms with E-state index in [4.69, 9.17) is 0 Å². The predicted octanol–water partition coefficient (Wildman–Crippen LogP) is 3.68. The molecule has 0 N–H and O–H groups in total. The monoisotopic (exact) mass is 356 g/mol. The number of benzene rings is 1. The standard InChI is InChI=1S/C16H12N4O2S2/c1-20(8-11-9-24-15(17-11)14-3-2-6-23-14)16(21)10-4-5-12-13(7-10)19-22-18-12/h2-7,9H,8H2,1H3. The zero-order chi connectivity index (χ0) is 16.5. The minimum absolute atomic E-state index is 0.0921. The largest absolute Gasteiger partial charge is 0.336 e. The molecular formula is C16H12N4O2S2. The Labute approximate surface area is 145 Å². The van der Waals surface area contributed by atoms with Gasteiger partial charge in [0.2, 0.25) is 0 Å². The third-order valence-electron chi connectivity index (χ3n) is 3.53. The van der Waals surface area contributed by atoms with Crippen LogP contribution >= 0.6 is 22.7 Å². The van der Waals surface area contributed by atoms with Gasteiger partial charge in [0.15, 0.2) is 0 Å². The number of fused-ring (bicyclic) bond motifs is 1. The highest BCUT2D eigenvalue weighted by molar-refractivity contribution is 7.20. The third kappa shape index (κ3) is 2.81. The minimum Gasteiger partial charge on any atom is -0.336 e. The Kier molecular flexibility index (Phi) is 3.83. The SMILES string of the molecule is CN(Cc1csc(-c2cccs2)n1)C(=O)c1ccc2nonc2c1. The molecule has 0 saturated heterocycles. The van der Waals surface area contributed by atoms with E-state index < -0.39 is 0 Å². The highest BCUT2D eigenvalue weighted by Gasteiger charge is 2.15. The molecule has 3 aromatic heterocycles. The van der Waals surface area contributed by atoms with Crippen molar-refractivity contribution in [3.05, 3.63) is 52.3 Å². The van der Waals surface area contributed by atoms with Gasteiger partial charge in [-0.1, -0.05) is 6.07 Å². The minimum atomic E-state index is -0.0921. The van der Waals surface area contributed by atoms with Crippen LogP contribution in [0.25, 0.3) is 20.9 Å². The van der Waals surface area contributed by atoms with Crippen LogP contribution in [0.4, 0.5) is 0 Å². The van der Waals surface area contributed by atoms with Gasteiger partial charge in [0.1, 0.15) is 16.0 Å². The van der Waals surface area contributed by atoms with E-state index in [0.717, 1.165) is 15.6 Å². The van der Waals surface area contributed by atoms with E-state index in [1.165, 1.54) is 0 Å². The molecule has 0 aliphatic rings. The summed E-state index contributed by atoms with van der Waals surface area (Å²) in [6, 6.07) is 9.19. The van der Waals surface area contributed by atoms with Crippen molar-refractivity contribution >= 4 is 39.6 Å². The second-order valence-corrected chi connectivity index (χ2v) is 7.06. The molecule has 24 heavy (non-hydrogen) atoms. The normalized spacial score (nSPS) is 11.0. The molecule has 0 unspecified atom stereocenters. The molecule has 0 spiro atoms. The van der Waals surface area contributed by atoms with E-state index in [9.17, 15) is 4.79 Å². The van der Waals surface area contributed by atoms with Crippen molar-refractivity contribution in [1.29, 1.82) is 0 Å².